The molecule has 0 fully saturated rings. The standard InChI is InChI=1S/C17H19NO4/c1-4-22-17(20)14-10(2)11-7-8-13(21-3)12-6-5-9-18(15(11)12)16(14)19/h7-8H,4-6,9H2,1-3H3. The zero-order valence-corrected chi connectivity index (χ0v) is 13.1. The van der Waals surface area contributed by atoms with Gasteiger partial charge in [0.05, 0.1) is 19.2 Å². The molecule has 5 nitrogen and oxygen atoms in total. The molecule has 5 heteroatoms. The minimum Gasteiger partial charge on any atom is -0.496 e. The van der Waals surface area contributed by atoms with Crippen molar-refractivity contribution in [2.75, 3.05) is 13.7 Å². The Balaban J connectivity index is 2.41. The van der Waals surface area contributed by atoms with Gasteiger partial charge in [0, 0.05) is 17.5 Å². The SMILES string of the molecule is CCOC(=O)c1c(C)c2ccc(OC)c3c2n(c1=O)CCC3. The van der Waals surface area contributed by atoms with E-state index in [0.29, 0.717) is 12.1 Å². The maximum atomic E-state index is 12.8. The third-order valence-corrected chi connectivity index (χ3v) is 4.26. The summed E-state index contributed by atoms with van der Waals surface area (Å²) in [7, 11) is 1.63. The molecule has 1 aromatic heterocycles. The predicted molar refractivity (Wildman–Crippen MR) is 83.8 cm³/mol. The number of aryl methyl sites for hydroxylation is 3. The molecule has 0 saturated heterocycles. The van der Waals surface area contributed by atoms with E-state index in [9.17, 15) is 9.59 Å². The third kappa shape index (κ3) is 2.00. The van der Waals surface area contributed by atoms with Crippen molar-refractivity contribution in [1.82, 2.24) is 4.57 Å². The second kappa shape index (κ2) is 5.48. The maximum Gasteiger partial charge on any atom is 0.344 e. The van der Waals surface area contributed by atoms with E-state index in [-0.39, 0.29) is 17.7 Å². The fourth-order valence-corrected chi connectivity index (χ4v) is 3.26. The van der Waals surface area contributed by atoms with Crippen LogP contribution >= 0.6 is 0 Å². The summed E-state index contributed by atoms with van der Waals surface area (Å²) >= 11 is 0. The van der Waals surface area contributed by atoms with Gasteiger partial charge in [0.2, 0.25) is 0 Å². The lowest BCUT2D eigenvalue weighted by atomic mass is 9.95. The van der Waals surface area contributed by atoms with Gasteiger partial charge in [0.1, 0.15) is 11.3 Å². The second-order valence-electron chi connectivity index (χ2n) is 5.42. The van der Waals surface area contributed by atoms with E-state index in [1.165, 1.54) is 0 Å². The Morgan fingerprint density at radius 3 is 2.82 bits per heavy atom. The Hall–Kier alpha value is -2.30. The number of methoxy groups -OCH3 is 1. The molecule has 1 aliphatic rings. The van der Waals surface area contributed by atoms with Gasteiger partial charge in [-0.1, -0.05) is 0 Å². The third-order valence-electron chi connectivity index (χ3n) is 4.26. The largest absolute Gasteiger partial charge is 0.496 e. The van der Waals surface area contributed by atoms with Crippen LogP contribution in [0, 0.1) is 6.92 Å². The molecule has 0 radical (unpaired) electrons. The lowest BCUT2D eigenvalue weighted by Gasteiger charge is -2.23. The van der Waals surface area contributed by atoms with Crippen molar-refractivity contribution >= 4 is 16.9 Å². The Labute approximate surface area is 128 Å². The van der Waals surface area contributed by atoms with Gasteiger partial charge in [-0.25, -0.2) is 4.79 Å². The molecule has 0 unspecified atom stereocenters. The zero-order valence-electron chi connectivity index (χ0n) is 13.1. The van der Waals surface area contributed by atoms with Gasteiger partial charge in [-0.05, 0) is 44.4 Å². The first-order chi connectivity index (χ1) is 10.6. The number of benzene rings is 1. The van der Waals surface area contributed by atoms with E-state index in [1.54, 1.807) is 25.5 Å². The summed E-state index contributed by atoms with van der Waals surface area (Å²) in [6.07, 6.45) is 1.73. The molecule has 2 heterocycles. The molecule has 0 saturated carbocycles. The fraction of sp³-hybridized carbons (Fsp3) is 0.412. The number of hydrogen-bond donors (Lipinski definition) is 0. The molecule has 3 rings (SSSR count). The Morgan fingerprint density at radius 2 is 2.14 bits per heavy atom. The minimum absolute atomic E-state index is 0.146. The van der Waals surface area contributed by atoms with E-state index in [0.717, 1.165) is 35.1 Å². The number of pyridine rings is 1. The summed E-state index contributed by atoms with van der Waals surface area (Å²) in [6.45, 7) is 4.41. The van der Waals surface area contributed by atoms with Crippen molar-refractivity contribution in [3.63, 3.8) is 0 Å². The number of nitrogens with zero attached hydrogens (tertiary/aromatic N) is 1. The highest BCUT2D eigenvalue weighted by Gasteiger charge is 2.25. The highest BCUT2D eigenvalue weighted by Crippen LogP contribution is 2.33. The van der Waals surface area contributed by atoms with Crippen molar-refractivity contribution in [3.8, 4) is 5.75 Å². The van der Waals surface area contributed by atoms with E-state index in [4.69, 9.17) is 9.47 Å². The summed E-state index contributed by atoms with van der Waals surface area (Å²) in [6, 6.07) is 3.82. The van der Waals surface area contributed by atoms with E-state index in [2.05, 4.69) is 0 Å². The van der Waals surface area contributed by atoms with Gasteiger partial charge in [-0.3, -0.25) is 4.79 Å². The molecule has 0 atom stereocenters. The molecule has 22 heavy (non-hydrogen) atoms. The van der Waals surface area contributed by atoms with Crippen LogP contribution in [0.1, 0.15) is 34.8 Å². The van der Waals surface area contributed by atoms with E-state index >= 15 is 0 Å². The second-order valence-corrected chi connectivity index (χ2v) is 5.42. The summed E-state index contributed by atoms with van der Waals surface area (Å²) < 4.78 is 12.2. The monoisotopic (exact) mass is 301 g/mol. The molecule has 0 N–H and O–H groups in total. The molecule has 1 aliphatic heterocycles. The van der Waals surface area contributed by atoms with Crippen LogP contribution in [0.5, 0.6) is 5.75 Å². The molecule has 116 valence electrons. The van der Waals surface area contributed by atoms with Crippen LogP contribution in [0.2, 0.25) is 0 Å². The number of ether oxygens (including phenoxy) is 2. The Bertz CT molecular complexity index is 820. The van der Waals surface area contributed by atoms with Gasteiger partial charge in [-0.2, -0.15) is 0 Å². The number of carbonyl (C=O) groups is 1. The molecule has 1 aromatic carbocycles. The average molecular weight is 301 g/mol. The van der Waals surface area contributed by atoms with Crippen molar-refractivity contribution < 1.29 is 14.3 Å². The minimum atomic E-state index is -0.543. The number of esters is 1. The number of hydrogen-bond acceptors (Lipinski definition) is 4. The van der Waals surface area contributed by atoms with Crippen molar-refractivity contribution in [2.45, 2.75) is 33.2 Å². The van der Waals surface area contributed by atoms with Gasteiger partial charge in [0.15, 0.2) is 0 Å². The van der Waals surface area contributed by atoms with Gasteiger partial charge in [-0.15, -0.1) is 0 Å². The molecular formula is C17H19NO4. The normalized spacial score (nSPS) is 13.2. The van der Waals surface area contributed by atoms with Crippen LogP contribution in [-0.2, 0) is 17.7 Å². The molecule has 2 aromatic rings. The first-order valence-corrected chi connectivity index (χ1v) is 7.50. The van der Waals surface area contributed by atoms with Crippen LogP contribution < -0.4 is 10.3 Å². The number of carbonyl (C=O) groups excluding carboxylic acids is 1. The van der Waals surface area contributed by atoms with Crippen LogP contribution in [0.25, 0.3) is 10.9 Å². The van der Waals surface area contributed by atoms with Crippen molar-refractivity contribution in [2.24, 2.45) is 0 Å². The van der Waals surface area contributed by atoms with Crippen LogP contribution in [0.3, 0.4) is 0 Å². The first-order valence-electron chi connectivity index (χ1n) is 7.50. The first kappa shape index (κ1) is 14.6. The smallest absolute Gasteiger partial charge is 0.344 e. The quantitative estimate of drug-likeness (QED) is 0.817. The Morgan fingerprint density at radius 1 is 1.36 bits per heavy atom. The van der Waals surface area contributed by atoms with Crippen LogP contribution in [-0.4, -0.2) is 24.3 Å². The van der Waals surface area contributed by atoms with Crippen molar-refractivity contribution in [1.29, 1.82) is 0 Å². The van der Waals surface area contributed by atoms with E-state index < -0.39 is 5.97 Å². The van der Waals surface area contributed by atoms with E-state index in [1.807, 2.05) is 12.1 Å². The highest BCUT2D eigenvalue weighted by atomic mass is 16.5. The van der Waals surface area contributed by atoms with Crippen molar-refractivity contribution in [3.05, 3.63) is 39.2 Å². The van der Waals surface area contributed by atoms with Gasteiger partial charge >= 0.3 is 5.97 Å². The summed E-state index contributed by atoms with van der Waals surface area (Å²) in [5.41, 5.74) is 2.49. The molecular weight excluding hydrogens is 282 g/mol. The summed E-state index contributed by atoms with van der Waals surface area (Å²) in [4.78, 5) is 24.9. The highest BCUT2D eigenvalue weighted by molar-refractivity contribution is 5.98. The number of aromatic nitrogens is 1. The topological polar surface area (TPSA) is 57.5 Å². The summed E-state index contributed by atoms with van der Waals surface area (Å²) in [5, 5.41) is 0.915. The number of rotatable bonds is 3. The molecule has 0 amide bonds. The Kier molecular flexibility index (Phi) is 3.64. The van der Waals surface area contributed by atoms with Gasteiger partial charge < -0.3 is 14.0 Å². The lowest BCUT2D eigenvalue weighted by molar-refractivity contribution is 0.0523. The van der Waals surface area contributed by atoms with Crippen LogP contribution in [0.15, 0.2) is 16.9 Å². The predicted octanol–water partition coefficient (Wildman–Crippen LogP) is 2.44. The van der Waals surface area contributed by atoms with Crippen LogP contribution in [0.4, 0.5) is 0 Å². The average Bonchev–Trinajstić information content (AvgIpc) is 2.52. The maximum absolute atomic E-state index is 12.8. The molecule has 0 bridgehead atoms. The zero-order chi connectivity index (χ0) is 15.9. The van der Waals surface area contributed by atoms with Gasteiger partial charge in [0.25, 0.3) is 5.56 Å². The fourth-order valence-electron chi connectivity index (χ4n) is 3.26. The summed E-state index contributed by atoms with van der Waals surface area (Å²) in [5.74, 6) is 0.252. The lowest BCUT2D eigenvalue weighted by Crippen LogP contribution is -2.31. The molecule has 0 aliphatic carbocycles. The molecule has 0 spiro atoms.